The fourth-order valence-electron chi connectivity index (χ4n) is 2.23. The van der Waals surface area contributed by atoms with E-state index >= 15 is 0 Å². The Labute approximate surface area is 167 Å². The second kappa shape index (κ2) is 7.37. The number of hydrogen-bond acceptors (Lipinski definition) is 4. The number of rotatable bonds is 0. The van der Waals surface area contributed by atoms with Crippen LogP contribution in [-0.2, 0) is 21.9 Å². The summed E-state index contributed by atoms with van der Waals surface area (Å²) in [7, 11) is 0. The van der Waals surface area contributed by atoms with Gasteiger partial charge in [-0.15, -0.1) is 0 Å². The van der Waals surface area contributed by atoms with Gasteiger partial charge >= 0.3 is 11.4 Å². The second-order valence-corrected chi connectivity index (χ2v) is 11.2. The van der Waals surface area contributed by atoms with E-state index in [1.807, 2.05) is 83.1 Å². The van der Waals surface area contributed by atoms with Crippen molar-refractivity contribution in [1.82, 2.24) is 29.5 Å². The molecular weight excluding hydrogens is 356 g/mol. The van der Waals surface area contributed by atoms with Gasteiger partial charge in [-0.1, -0.05) is 41.5 Å². The summed E-state index contributed by atoms with van der Waals surface area (Å²) in [6, 6.07) is 0. The van der Waals surface area contributed by atoms with Crippen LogP contribution < -0.4 is 11.4 Å². The molecule has 8 nitrogen and oxygen atoms in total. The van der Waals surface area contributed by atoms with Crippen molar-refractivity contribution >= 4 is 0 Å². The van der Waals surface area contributed by atoms with Crippen molar-refractivity contribution in [2.45, 2.75) is 105 Å². The average Bonchev–Trinajstić information content (AvgIpc) is 3.00. The number of aromatic nitrogens is 6. The molecule has 0 saturated carbocycles. The summed E-state index contributed by atoms with van der Waals surface area (Å²) in [5.41, 5.74) is -1.04. The summed E-state index contributed by atoms with van der Waals surface area (Å²) in [6.07, 6.45) is 0. The van der Waals surface area contributed by atoms with Crippen molar-refractivity contribution in [3.8, 4) is 0 Å². The third-order valence-electron chi connectivity index (χ3n) is 3.93. The first kappa shape index (κ1) is 23.9. The van der Waals surface area contributed by atoms with Crippen LogP contribution in [0.15, 0.2) is 9.59 Å². The molecule has 0 saturated heterocycles. The number of H-pyrrole nitrogens is 2. The molecule has 0 bridgehead atoms. The highest BCUT2D eigenvalue weighted by Gasteiger charge is 2.25. The van der Waals surface area contributed by atoms with Crippen LogP contribution in [0.25, 0.3) is 0 Å². The highest BCUT2D eigenvalue weighted by atomic mass is 16.2. The van der Waals surface area contributed by atoms with Crippen molar-refractivity contribution < 1.29 is 0 Å². The SMILES string of the molecule is CC(C)(C)c1nn(C(C)(C)C)c(=O)[nH]1.CC(C)(C)c1nn(C(C)(C)C)c(=O)[nH]1. The number of hydrogen-bond donors (Lipinski definition) is 2. The van der Waals surface area contributed by atoms with Gasteiger partial charge < -0.3 is 0 Å². The summed E-state index contributed by atoms with van der Waals surface area (Å²) >= 11 is 0. The lowest BCUT2D eigenvalue weighted by molar-refractivity contribution is 0.338. The van der Waals surface area contributed by atoms with Gasteiger partial charge in [-0.25, -0.2) is 19.0 Å². The molecule has 0 fully saturated rings. The molecule has 0 radical (unpaired) electrons. The fraction of sp³-hybridized carbons (Fsp3) is 0.800. The molecule has 2 N–H and O–H groups in total. The minimum Gasteiger partial charge on any atom is -0.292 e. The number of aromatic amines is 2. The van der Waals surface area contributed by atoms with E-state index in [1.54, 1.807) is 0 Å². The van der Waals surface area contributed by atoms with Gasteiger partial charge in [0.2, 0.25) is 0 Å². The van der Waals surface area contributed by atoms with Gasteiger partial charge in [0.1, 0.15) is 11.6 Å². The van der Waals surface area contributed by atoms with E-state index in [0.717, 1.165) is 11.6 Å². The van der Waals surface area contributed by atoms with Crippen LogP contribution in [0.3, 0.4) is 0 Å². The lowest BCUT2D eigenvalue weighted by atomic mass is 9.96. The van der Waals surface area contributed by atoms with E-state index < -0.39 is 0 Å². The first-order valence-corrected chi connectivity index (χ1v) is 9.65. The topological polar surface area (TPSA) is 101 Å². The van der Waals surface area contributed by atoms with Crippen LogP contribution in [0.1, 0.15) is 94.7 Å². The summed E-state index contributed by atoms with van der Waals surface area (Å²) < 4.78 is 2.99. The Morgan fingerprint density at radius 3 is 0.929 bits per heavy atom. The molecule has 28 heavy (non-hydrogen) atoms. The largest absolute Gasteiger partial charge is 0.343 e. The highest BCUT2D eigenvalue weighted by molar-refractivity contribution is 5.00. The van der Waals surface area contributed by atoms with Gasteiger partial charge in [0, 0.05) is 10.8 Å². The molecule has 8 heteroatoms. The molecule has 160 valence electrons. The first-order valence-electron chi connectivity index (χ1n) is 9.65. The molecule has 0 aliphatic rings. The van der Waals surface area contributed by atoms with Crippen LogP contribution in [0.2, 0.25) is 0 Å². The van der Waals surface area contributed by atoms with Gasteiger partial charge in [0.25, 0.3) is 0 Å². The molecule has 0 aromatic carbocycles. The number of nitrogens with one attached hydrogen (secondary N) is 2. The number of nitrogens with zero attached hydrogens (tertiary/aromatic N) is 4. The Kier molecular flexibility index (Phi) is 6.29. The average molecular weight is 395 g/mol. The van der Waals surface area contributed by atoms with Crippen molar-refractivity contribution in [3.63, 3.8) is 0 Å². The Hall–Kier alpha value is -2.12. The predicted molar refractivity (Wildman–Crippen MR) is 113 cm³/mol. The van der Waals surface area contributed by atoms with Gasteiger partial charge in [0.05, 0.1) is 11.1 Å². The molecule has 0 atom stereocenters. The van der Waals surface area contributed by atoms with E-state index in [0.29, 0.717) is 0 Å². The minimum atomic E-state index is -0.267. The van der Waals surface area contributed by atoms with E-state index in [1.165, 1.54) is 9.36 Å². The molecule has 0 spiro atoms. The molecule has 0 aliphatic heterocycles. The maximum atomic E-state index is 11.6. The molecule has 0 aliphatic carbocycles. The zero-order chi connectivity index (χ0) is 22.3. The molecule has 2 heterocycles. The summed E-state index contributed by atoms with van der Waals surface area (Å²) in [5.74, 6) is 1.47. The zero-order valence-electron chi connectivity index (χ0n) is 19.6. The van der Waals surface area contributed by atoms with Crippen LogP contribution >= 0.6 is 0 Å². The van der Waals surface area contributed by atoms with Crippen LogP contribution in [-0.4, -0.2) is 29.5 Å². The Bertz CT molecular complexity index is 823. The fourth-order valence-corrected chi connectivity index (χ4v) is 2.23. The molecular formula is C20H38N6O2. The van der Waals surface area contributed by atoms with E-state index in [2.05, 4.69) is 20.2 Å². The molecule has 2 aromatic heterocycles. The van der Waals surface area contributed by atoms with Gasteiger partial charge in [0.15, 0.2) is 0 Å². The zero-order valence-corrected chi connectivity index (χ0v) is 19.6. The van der Waals surface area contributed by atoms with E-state index in [4.69, 9.17) is 0 Å². The van der Waals surface area contributed by atoms with Crippen LogP contribution in [0.4, 0.5) is 0 Å². The Morgan fingerprint density at radius 1 is 0.571 bits per heavy atom. The van der Waals surface area contributed by atoms with Gasteiger partial charge in [-0.3, -0.25) is 9.97 Å². The highest BCUT2D eigenvalue weighted by Crippen LogP contribution is 2.19. The smallest absolute Gasteiger partial charge is 0.292 e. The van der Waals surface area contributed by atoms with Crippen molar-refractivity contribution in [3.05, 3.63) is 32.6 Å². The maximum absolute atomic E-state index is 11.6. The van der Waals surface area contributed by atoms with Gasteiger partial charge in [-0.05, 0) is 41.5 Å². The Balaban J connectivity index is 0.000000280. The van der Waals surface area contributed by atoms with Crippen molar-refractivity contribution in [2.75, 3.05) is 0 Å². The maximum Gasteiger partial charge on any atom is 0.343 e. The third-order valence-corrected chi connectivity index (χ3v) is 3.93. The summed E-state index contributed by atoms with van der Waals surface area (Å²) in [5, 5.41) is 8.60. The summed E-state index contributed by atoms with van der Waals surface area (Å²) in [4.78, 5) is 28.7. The van der Waals surface area contributed by atoms with Crippen molar-refractivity contribution in [2.24, 2.45) is 0 Å². The van der Waals surface area contributed by atoms with Gasteiger partial charge in [-0.2, -0.15) is 10.2 Å². The third kappa shape index (κ3) is 5.94. The minimum absolute atomic E-state index is 0.115. The first-order chi connectivity index (χ1) is 12.2. The monoisotopic (exact) mass is 394 g/mol. The molecule has 2 aromatic rings. The van der Waals surface area contributed by atoms with Crippen LogP contribution in [0.5, 0.6) is 0 Å². The quantitative estimate of drug-likeness (QED) is 0.716. The van der Waals surface area contributed by atoms with E-state index in [9.17, 15) is 9.59 Å². The molecule has 2 rings (SSSR count). The van der Waals surface area contributed by atoms with E-state index in [-0.39, 0.29) is 33.3 Å². The standard InChI is InChI=1S/2C10H19N3O/c2*1-9(2,3)7-11-8(14)13(12-7)10(4,5)6/h2*1-6H3,(H,11,12,14). The molecule has 0 unspecified atom stereocenters. The normalized spacial score (nSPS) is 13.3. The molecule has 0 amide bonds. The predicted octanol–water partition coefficient (Wildman–Crippen LogP) is 3.25. The lowest BCUT2D eigenvalue weighted by Gasteiger charge is -2.18. The lowest BCUT2D eigenvalue weighted by Crippen LogP contribution is -2.33. The summed E-state index contributed by atoms with van der Waals surface area (Å²) in [6.45, 7) is 23.9. The van der Waals surface area contributed by atoms with Crippen LogP contribution in [0, 0.1) is 0 Å². The Morgan fingerprint density at radius 2 is 0.821 bits per heavy atom. The van der Waals surface area contributed by atoms with Crippen molar-refractivity contribution in [1.29, 1.82) is 0 Å². The second-order valence-electron chi connectivity index (χ2n) is 11.2.